The predicted octanol–water partition coefficient (Wildman–Crippen LogP) is 3.55. The summed E-state index contributed by atoms with van der Waals surface area (Å²) in [5.74, 6) is 0.299. The molecule has 1 amide bonds. The first-order valence-electron chi connectivity index (χ1n) is 9.32. The average Bonchev–Trinajstić information content (AvgIpc) is 2.65. The molecule has 0 saturated carbocycles. The highest BCUT2D eigenvalue weighted by Gasteiger charge is 2.30. The van der Waals surface area contributed by atoms with Crippen LogP contribution in [0.3, 0.4) is 0 Å². The topological polar surface area (TPSA) is 49.3 Å². The molecule has 1 aliphatic heterocycles. The first-order chi connectivity index (χ1) is 13.7. The van der Waals surface area contributed by atoms with Crippen molar-refractivity contribution in [1.82, 2.24) is 19.8 Å². The molecule has 0 atom stereocenters. The second-order valence-corrected chi connectivity index (χ2v) is 8.02. The van der Waals surface area contributed by atoms with Crippen molar-refractivity contribution >= 4 is 17.7 Å². The lowest BCUT2D eigenvalue weighted by Crippen LogP contribution is -2.48. The third-order valence-electron chi connectivity index (χ3n) is 4.67. The number of piperazine rings is 1. The number of aryl methyl sites for hydroxylation is 2. The van der Waals surface area contributed by atoms with Crippen LogP contribution in [0, 0.1) is 13.8 Å². The van der Waals surface area contributed by atoms with Crippen LogP contribution in [-0.4, -0.2) is 57.6 Å². The Bertz CT molecular complexity index is 847. The Morgan fingerprint density at radius 3 is 2.34 bits per heavy atom. The van der Waals surface area contributed by atoms with Gasteiger partial charge in [0.15, 0.2) is 5.16 Å². The number of thioether (sulfide) groups is 1. The Morgan fingerprint density at radius 2 is 1.72 bits per heavy atom. The standard InChI is InChI=1S/C20H23F3N4OS/c1-14-10-15(2)25-19(24-14)29-13-18(28)27-8-6-26(7-9-27)12-16-4-3-5-17(11-16)20(21,22)23/h3-5,10-11H,6-9,12-13H2,1-2H3. The van der Waals surface area contributed by atoms with E-state index < -0.39 is 11.7 Å². The van der Waals surface area contributed by atoms with Gasteiger partial charge in [-0.05, 0) is 31.5 Å². The lowest BCUT2D eigenvalue weighted by atomic mass is 10.1. The summed E-state index contributed by atoms with van der Waals surface area (Å²) in [7, 11) is 0. The van der Waals surface area contributed by atoms with Gasteiger partial charge in [0.1, 0.15) is 0 Å². The molecule has 1 fully saturated rings. The highest BCUT2D eigenvalue weighted by atomic mass is 32.2. The van der Waals surface area contributed by atoms with E-state index in [4.69, 9.17) is 0 Å². The summed E-state index contributed by atoms with van der Waals surface area (Å²) >= 11 is 1.32. The summed E-state index contributed by atoms with van der Waals surface area (Å²) in [4.78, 5) is 25.0. The second-order valence-electron chi connectivity index (χ2n) is 7.08. The lowest BCUT2D eigenvalue weighted by Gasteiger charge is -2.34. The number of hydrogen-bond donors (Lipinski definition) is 0. The second kappa shape index (κ2) is 9.13. The highest BCUT2D eigenvalue weighted by Crippen LogP contribution is 2.29. The summed E-state index contributed by atoms with van der Waals surface area (Å²) < 4.78 is 38.6. The normalized spacial score (nSPS) is 15.6. The fraction of sp³-hybridized carbons (Fsp3) is 0.450. The number of aromatic nitrogens is 2. The van der Waals surface area contributed by atoms with Crippen LogP contribution < -0.4 is 0 Å². The molecule has 2 aromatic rings. The number of benzene rings is 1. The zero-order chi connectivity index (χ0) is 21.0. The van der Waals surface area contributed by atoms with Crippen LogP contribution in [-0.2, 0) is 17.5 Å². The third kappa shape index (κ3) is 6.17. The van der Waals surface area contributed by atoms with Crippen molar-refractivity contribution in [3.05, 3.63) is 52.8 Å². The summed E-state index contributed by atoms with van der Waals surface area (Å²) in [6, 6.07) is 7.29. The largest absolute Gasteiger partial charge is 0.416 e. The number of rotatable bonds is 5. The molecule has 0 radical (unpaired) electrons. The van der Waals surface area contributed by atoms with Gasteiger partial charge in [-0.1, -0.05) is 30.0 Å². The third-order valence-corrected chi connectivity index (χ3v) is 5.50. The molecule has 1 aromatic carbocycles. The molecular formula is C20H23F3N4OS. The molecule has 156 valence electrons. The molecule has 1 aromatic heterocycles. The van der Waals surface area contributed by atoms with Crippen LogP contribution >= 0.6 is 11.8 Å². The van der Waals surface area contributed by atoms with Crippen LogP contribution in [0.5, 0.6) is 0 Å². The Morgan fingerprint density at radius 1 is 1.07 bits per heavy atom. The fourth-order valence-electron chi connectivity index (χ4n) is 3.24. The molecule has 0 N–H and O–H groups in total. The van der Waals surface area contributed by atoms with Gasteiger partial charge in [0.05, 0.1) is 11.3 Å². The number of carbonyl (C=O) groups is 1. The smallest absolute Gasteiger partial charge is 0.339 e. The van der Waals surface area contributed by atoms with Gasteiger partial charge in [0.2, 0.25) is 5.91 Å². The van der Waals surface area contributed by atoms with E-state index in [1.807, 2.05) is 19.9 Å². The number of carbonyl (C=O) groups excluding carboxylic acids is 1. The van der Waals surface area contributed by atoms with Crippen molar-refractivity contribution in [3.63, 3.8) is 0 Å². The molecule has 2 heterocycles. The van der Waals surface area contributed by atoms with Gasteiger partial charge in [-0.15, -0.1) is 0 Å². The summed E-state index contributed by atoms with van der Waals surface area (Å²) in [5.41, 5.74) is 1.74. The Balaban J connectivity index is 1.48. The molecule has 0 aliphatic carbocycles. The minimum absolute atomic E-state index is 0.0245. The van der Waals surface area contributed by atoms with Crippen molar-refractivity contribution in [1.29, 1.82) is 0 Å². The van der Waals surface area contributed by atoms with Gasteiger partial charge in [0.25, 0.3) is 0 Å². The molecule has 1 saturated heterocycles. The average molecular weight is 424 g/mol. The number of nitrogens with zero attached hydrogens (tertiary/aromatic N) is 4. The molecular weight excluding hydrogens is 401 g/mol. The molecule has 3 rings (SSSR count). The van der Waals surface area contributed by atoms with E-state index in [-0.39, 0.29) is 11.7 Å². The molecule has 9 heteroatoms. The van der Waals surface area contributed by atoms with Gasteiger partial charge < -0.3 is 4.90 Å². The van der Waals surface area contributed by atoms with Gasteiger partial charge in [-0.25, -0.2) is 9.97 Å². The van der Waals surface area contributed by atoms with Crippen LogP contribution in [0.25, 0.3) is 0 Å². The van der Waals surface area contributed by atoms with Crippen molar-refractivity contribution in [2.24, 2.45) is 0 Å². The molecule has 0 spiro atoms. The number of hydrogen-bond acceptors (Lipinski definition) is 5. The molecule has 0 bridgehead atoms. The maximum absolute atomic E-state index is 12.9. The van der Waals surface area contributed by atoms with E-state index in [1.54, 1.807) is 11.0 Å². The van der Waals surface area contributed by atoms with E-state index in [2.05, 4.69) is 14.9 Å². The maximum atomic E-state index is 12.9. The highest BCUT2D eigenvalue weighted by molar-refractivity contribution is 7.99. The quantitative estimate of drug-likeness (QED) is 0.543. The monoisotopic (exact) mass is 424 g/mol. The lowest BCUT2D eigenvalue weighted by molar-refractivity contribution is -0.137. The van der Waals surface area contributed by atoms with Crippen molar-refractivity contribution in [2.45, 2.75) is 31.7 Å². The van der Waals surface area contributed by atoms with E-state index in [0.717, 1.165) is 17.5 Å². The molecule has 29 heavy (non-hydrogen) atoms. The first kappa shape index (κ1) is 21.6. The Hall–Kier alpha value is -2.13. The molecule has 1 aliphatic rings. The van der Waals surface area contributed by atoms with E-state index in [1.165, 1.54) is 23.9 Å². The summed E-state index contributed by atoms with van der Waals surface area (Å²) in [6.45, 7) is 6.61. The Labute approximate surface area is 172 Å². The Kier molecular flexibility index (Phi) is 6.79. The van der Waals surface area contributed by atoms with Crippen LogP contribution in [0.15, 0.2) is 35.5 Å². The van der Waals surface area contributed by atoms with E-state index in [9.17, 15) is 18.0 Å². The SMILES string of the molecule is Cc1cc(C)nc(SCC(=O)N2CCN(Cc3cccc(C(F)(F)F)c3)CC2)n1. The summed E-state index contributed by atoms with van der Waals surface area (Å²) in [6.07, 6.45) is -4.33. The van der Waals surface area contributed by atoms with Crippen LogP contribution in [0.2, 0.25) is 0 Å². The zero-order valence-electron chi connectivity index (χ0n) is 16.4. The number of amides is 1. The minimum atomic E-state index is -4.33. The van der Waals surface area contributed by atoms with Gasteiger partial charge in [0, 0.05) is 44.1 Å². The van der Waals surface area contributed by atoms with Gasteiger partial charge in [-0.3, -0.25) is 9.69 Å². The van der Waals surface area contributed by atoms with E-state index in [0.29, 0.717) is 43.4 Å². The van der Waals surface area contributed by atoms with Gasteiger partial charge >= 0.3 is 6.18 Å². The van der Waals surface area contributed by atoms with Crippen molar-refractivity contribution in [2.75, 3.05) is 31.9 Å². The zero-order valence-corrected chi connectivity index (χ0v) is 17.2. The fourth-order valence-corrected chi connectivity index (χ4v) is 4.09. The minimum Gasteiger partial charge on any atom is -0.339 e. The number of halogens is 3. The first-order valence-corrected chi connectivity index (χ1v) is 10.3. The summed E-state index contributed by atoms with van der Waals surface area (Å²) in [5, 5.41) is 0.596. The molecule has 0 unspecified atom stereocenters. The van der Waals surface area contributed by atoms with E-state index >= 15 is 0 Å². The molecule has 5 nitrogen and oxygen atoms in total. The van der Waals surface area contributed by atoms with Crippen molar-refractivity contribution in [3.8, 4) is 0 Å². The van der Waals surface area contributed by atoms with Crippen LogP contribution in [0.1, 0.15) is 22.5 Å². The van der Waals surface area contributed by atoms with Crippen LogP contribution in [0.4, 0.5) is 13.2 Å². The van der Waals surface area contributed by atoms with Gasteiger partial charge in [-0.2, -0.15) is 13.2 Å². The maximum Gasteiger partial charge on any atom is 0.416 e. The predicted molar refractivity (Wildman–Crippen MR) is 106 cm³/mol. The number of alkyl halides is 3. The van der Waals surface area contributed by atoms with Crippen molar-refractivity contribution < 1.29 is 18.0 Å².